The average Bonchev–Trinajstić information content (AvgIpc) is 2.61. The van der Waals surface area contributed by atoms with Gasteiger partial charge in [-0.1, -0.05) is 30.3 Å². The molecule has 0 heterocycles. The van der Waals surface area contributed by atoms with E-state index in [9.17, 15) is 17.2 Å². The van der Waals surface area contributed by atoms with E-state index in [1.807, 2.05) is 0 Å². The highest BCUT2D eigenvalue weighted by Crippen LogP contribution is 2.28. The first-order valence-corrected chi connectivity index (χ1v) is 9.40. The third-order valence-corrected chi connectivity index (χ3v) is 5.92. The summed E-state index contributed by atoms with van der Waals surface area (Å²) in [6.07, 6.45) is 0. The largest absolute Gasteiger partial charge is 0.264 e. The molecule has 0 fully saturated rings. The zero-order chi connectivity index (χ0) is 18.7. The smallest absolute Gasteiger partial charge is 0.262 e. The van der Waals surface area contributed by atoms with Gasteiger partial charge in [-0.05, 0) is 60.5 Å². The molecule has 0 aliphatic rings. The summed E-state index contributed by atoms with van der Waals surface area (Å²) >= 11 is 0. The van der Waals surface area contributed by atoms with Crippen LogP contribution >= 0.6 is 0 Å². The Morgan fingerprint density at radius 2 is 1.46 bits per heavy atom. The Kier molecular flexibility index (Phi) is 5.04. The summed E-state index contributed by atoms with van der Waals surface area (Å²) in [7, 11) is -3.94. The van der Waals surface area contributed by atoms with Crippen molar-refractivity contribution in [2.45, 2.75) is 18.4 Å². The fraction of sp³-hybridized carbons (Fsp3) is 0.100. The molecule has 0 radical (unpaired) electrons. The Morgan fingerprint density at radius 1 is 0.846 bits per heavy atom. The summed E-state index contributed by atoms with van der Waals surface area (Å²) in [6.45, 7) is 1.58. The summed E-state index contributed by atoms with van der Waals surface area (Å²) in [4.78, 5) is 0.0323. The maximum absolute atomic E-state index is 13.4. The average molecular weight is 373 g/mol. The number of sulfonamides is 1. The summed E-state index contributed by atoms with van der Waals surface area (Å²) < 4.78 is 54.3. The van der Waals surface area contributed by atoms with Crippen molar-refractivity contribution in [1.29, 1.82) is 0 Å². The lowest BCUT2D eigenvalue weighted by molar-refractivity contribution is 0.588. The molecule has 0 atom stereocenters. The minimum absolute atomic E-state index is 0.0312. The topological polar surface area (TPSA) is 37.4 Å². The van der Waals surface area contributed by atoms with Crippen LogP contribution in [-0.4, -0.2) is 8.42 Å². The Bertz CT molecular complexity index is 1000. The maximum atomic E-state index is 13.4. The van der Waals surface area contributed by atoms with Crippen molar-refractivity contribution in [2.24, 2.45) is 0 Å². The first kappa shape index (κ1) is 18.1. The van der Waals surface area contributed by atoms with Gasteiger partial charge >= 0.3 is 0 Å². The number of rotatable bonds is 5. The highest BCUT2D eigenvalue weighted by Gasteiger charge is 2.27. The van der Waals surface area contributed by atoms with Crippen molar-refractivity contribution in [3.63, 3.8) is 0 Å². The van der Waals surface area contributed by atoms with E-state index >= 15 is 0 Å². The molecule has 6 heteroatoms. The van der Waals surface area contributed by atoms with Gasteiger partial charge in [0.15, 0.2) is 0 Å². The zero-order valence-electron chi connectivity index (χ0n) is 14.1. The van der Waals surface area contributed by atoms with Gasteiger partial charge in [0.25, 0.3) is 10.0 Å². The molecule has 3 aromatic rings. The quantitative estimate of drug-likeness (QED) is 0.652. The molecule has 0 bridgehead atoms. The van der Waals surface area contributed by atoms with Gasteiger partial charge in [0, 0.05) is 0 Å². The fourth-order valence-corrected chi connectivity index (χ4v) is 4.35. The van der Waals surface area contributed by atoms with E-state index in [0.717, 1.165) is 6.07 Å². The monoisotopic (exact) mass is 373 g/mol. The molecule has 134 valence electrons. The van der Waals surface area contributed by atoms with Crippen molar-refractivity contribution in [3.8, 4) is 0 Å². The van der Waals surface area contributed by atoms with Crippen LogP contribution in [0.5, 0.6) is 0 Å². The molecule has 0 saturated carbocycles. The summed E-state index contributed by atoms with van der Waals surface area (Å²) in [5, 5.41) is 0. The van der Waals surface area contributed by atoms with E-state index in [1.165, 1.54) is 40.7 Å². The molecule has 0 aliphatic carbocycles. The molecular formula is C20H17F2NO2S. The minimum Gasteiger partial charge on any atom is -0.262 e. The van der Waals surface area contributed by atoms with Crippen LogP contribution in [0.15, 0.2) is 77.7 Å². The summed E-state index contributed by atoms with van der Waals surface area (Å²) in [5.41, 5.74) is 1.43. The van der Waals surface area contributed by atoms with Crippen LogP contribution in [0, 0.1) is 18.6 Å². The Morgan fingerprint density at radius 3 is 2.08 bits per heavy atom. The number of para-hydroxylation sites is 1. The fourth-order valence-electron chi connectivity index (χ4n) is 2.69. The molecule has 0 aromatic heterocycles. The van der Waals surface area contributed by atoms with E-state index in [4.69, 9.17) is 0 Å². The maximum Gasteiger partial charge on any atom is 0.264 e. The number of nitrogens with zero attached hydrogens (tertiary/aromatic N) is 1. The van der Waals surface area contributed by atoms with E-state index in [0.29, 0.717) is 16.8 Å². The van der Waals surface area contributed by atoms with Gasteiger partial charge in [-0.15, -0.1) is 0 Å². The van der Waals surface area contributed by atoms with E-state index in [1.54, 1.807) is 37.3 Å². The summed E-state index contributed by atoms with van der Waals surface area (Å²) in [5.74, 6) is -0.886. The SMILES string of the molecule is Cc1cc(F)ccc1S(=O)(=O)N(Cc1ccc(F)cc1)c1ccccc1. The van der Waals surface area contributed by atoms with Crippen molar-refractivity contribution in [3.05, 3.63) is 95.6 Å². The molecule has 3 nitrogen and oxygen atoms in total. The second-order valence-electron chi connectivity index (χ2n) is 5.88. The van der Waals surface area contributed by atoms with Gasteiger partial charge in [-0.25, -0.2) is 17.2 Å². The molecule has 3 rings (SSSR count). The van der Waals surface area contributed by atoms with Crippen LogP contribution in [-0.2, 0) is 16.6 Å². The normalized spacial score (nSPS) is 11.3. The van der Waals surface area contributed by atoms with Crippen LogP contribution in [0.25, 0.3) is 0 Å². The second kappa shape index (κ2) is 7.25. The van der Waals surface area contributed by atoms with Gasteiger partial charge in [0.1, 0.15) is 11.6 Å². The molecule has 0 amide bonds. The second-order valence-corrected chi connectivity index (χ2v) is 7.71. The number of anilines is 1. The molecular weight excluding hydrogens is 356 g/mol. The van der Waals surface area contributed by atoms with Crippen molar-refractivity contribution >= 4 is 15.7 Å². The Balaban J connectivity index is 2.09. The Labute approximate surface area is 151 Å². The lowest BCUT2D eigenvalue weighted by Crippen LogP contribution is -2.31. The number of hydrogen-bond donors (Lipinski definition) is 0. The van der Waals surface area contributed by atoms with Crippen LogP contribution in [0.3, 0.4) is 0 Å². The van der Waals surface area contributed by atoms with Gasteiger partial charge in [-0.3, -0.25) is 4.31 Å². The number of halogens is 2. The molecule has 0 N–H and O–H groups in total. The van der Waals surface area contributed by atoms with E-state index in [2.05, 4.69) is 0 Å². The van der Waals surface area contributed by atoms with Crippen molar-refractivity contribution < 1.29 is 17.2 Å². The first-order chi connectivity index (χ1) is 12.4. The third-order valence-electron chi connectivity index (χ3n) is 3.99. The highest BCUT2D eigenvalue weighted by molar-refractivity contribution is 7.92. The molecule has 0 saturated heterocycles. The number of aryl methyl sites for hydroxylation is 1. The molecule has 0 unspecified atom stereocenters. The molecule has 3 aromatic carbocycles. The molecule has 0 spiro atoms. The van der Waals surface area contributed by atoms with Gasteiger partial charge in [0.2, 0.25) is 0 Å². The lowest BCUT2D eigenvalue weighted by Gasteiger charge is -2.25. The molecule has 0 aliphatic heterocycles. The van der Waals surface area contributed by atoms with E-state index < -0.39 is 21.7 Å². The van der Waals surface area contributed by atoms with Crippen LogP contribution in [0.1, 0.15) is 11.1 Å². The van der Waals surface area contributed by atoms with Gasteiger partial charge in [0.05, 0.1) is 17.1 Å². The number of benzene rings is 3. The van der Waals surface area contributed by atoms with Crippen molar-refractivity contribution in [1.82, 2.24) is 0 Å². The standard InChI is InChI=1S/C20H17F2NO2S/c1-15-13-18(22)11-12-20(15)26(24,25)23(19-5-3-2-4-6-19)14-16-7-9-17(21)10-8-16/h2-13H,14H2,1H3. The van der Waals surface area contributed by atoms with Gasteiger partial charge in [-0.2, -0.15) is 0 Å². The lowest BCUT2D eigenvalue weighted by atomic mass is 10.2. The summed E-state index contributed by atoms with van der Waals surface area (Å²) in [6, 6.07) is 17.9. The van der Waals surface area contributed by atoms with Crippen LogP contribution in [0.4, 0.5) is 14.5 Å². The highest BCUT2D eigenvalue weighted by atomic mass is 32.2. The first-order valence-electron chi connectivity index (χ1n) is 7.96. The van der Waals surface area contributed by atoms with Crippen LogP contribution < -0.4 is 4.31 Å². The minimum atomic E-state index is -3.94. The van der Waals surface area contributed by atoms with Crippen molar-refractivity contribution in [2.75, 3.05) is 4.31 Å². The number of hydrogen-bond acceptors (Lipinski definition) is 2. The zero-order valence-corrected chi connectivity index (χ0v) is 14.9. The van der Waals surface area contributed by atoms with E-state index in [-0.39, 0.29) is 11.4 Å². The molecule has 26 heavy (non-hydrogen) atoms. The van der Waals surface area contributed by atoms with Gasteiger partial charge < -0.3 is 0 Å². The third kappa shape index (κ3) is 3.75. The Hall–Kier alpha value is -2.73. The van der Waals surface area contributed by atoms with Crippen LogP contribution in [0.2, 0.25) is 0 Å². The predicted octanol–water partition coefficient (Wildman–Crippen LogP) is 4.67. The predicted molar refractivity (Wildman–Crippen MR) is 97.3 cm³/mol.